The molecule has 3 N–H and O–H groups in total. The minimum atomic E-state index is -0.989. The van der Waals surface area contributed by atoms with Crippen LogP contribution in [-0.2, 0) is 6.54 Å². The van der Waals surface area contributed by atoms with Crippen LogP contribution in [0.1, 0.15) is 29.3 Å². The van der Waals surface area contributed by atoms with Crippen molar-refractivity contribution in [3.63, 3.8) is 0 Å². The van der Waals surface area contributed by atoms with Crippen LogP contribution in [0.3, 0.4) is 0 Å². The standard InChI is InChI=1S/C11H15NO3/c1-2-5-15-10-4-3-8(7-12)6-9(10)11(13)14/h3-4,6H,2,5,7,12H2,1H3,(H,13,14). The summed E-state index contributed by atoms with van der Waals surface area (Å²) >= 11 is 0. The summed E-state index contributed by atoms with van der Waals surface area (Å²) < 4.78 is 5.33. The smallest absolute Gasteiger partial charge is 0.339 e. The topological polar surface area (TPSA) is 72.5 Å². The summed E-state index contributed by atoms with van der Waals surface area (Å²) in [7, 11) is 0. The predicted octanol–water partition coefficient (Wildman–Crippen LogP) is 1.63. The highest BCUT2D eigenvalue weighted by molar-refractivity contribution is 5.91. The number of nitrogens with two attached hydrogens (primary N) is 1. The fourth-order valence-electron chi connectivity index (χ4n) is 1.21. The normalized spacial score (nSPS) is 10.0. The van der Waals surface area contributed by atoms with E-state index in [4.69, 9.17) is 15.6 Å². The van der Waals surface area contributed by atoms with Crippen LogP contribution in [0.4, 0.5) is 0 Å². The van der Waals surface area contributed by atoms with Crippen molar-refractivity contribution in [2.75, 3.05) is 6.61 Å². The van der Waals surface area contributed by atoms with E-state index in [1.54, 1.807) is 18.2 Å². The second-order valence-electron chi connectivity index (χ2n) is 3.19. The van der Waals surface area contributed by atoms with E-state index in [2.05, 4.69) is 0 Å². The second kappa shape index (κ2) is 5.36. The highest BCUT2D eigenvalue weighted by Crippen LogP contribution is 2.20. The summed E-state index contributed by atoms with van der Waals surface area (Å²) in [6.45, 7) is 2.81. The molecule has 1 aromatic carbocycles. The average Bonchev–Trinajstić information content (AvgIpc) is 2.26. The van der Waals surface area contributed by atoms with Crippen LogP contribution >= 0.6 is 0 Å². The fourth-order valence-corrected chi connectivity index (χ4v) is 1.21. The maximum Gasteiger partial charge on any atom is 0.339 e. The Morgan fingerprint density at radius 2 is 2.27 bits per heavy atom. The minimum absolute atomic E-state index is 0.173. The molecule has 0 atom stereocenters. The summed E-state index contributed by atoms with van der Waals surface area (Å²) in [4.78, 5) is 10.9. The molecular formula is C11H15NO3. The van der Waals surface area contributed by atoms with Crippen molar-refractivity contribution < 1.29 is 14.6 Å². The summed E-state index contributed by atoms with van der Waals surface area (Å²) in [5.41, 5.74) is 6.40. The summed E-state index contributed by atoms with van der Waals surface area (Å²) in [5.74, 6) is -0.585. The molecule has 0 spiro atoms. The van der Waals surface area contributed by atoms with E-state index in [0.717, 1.165) is 12.0 Å². The highest BCUT2D eigenvalue weighted by Gasteiger charge is 2.11. The second-order valence-corrected chi connectivity index (χ2v) is 3.19. The Bertz CT molecular complexity index is 350. The molecule has 0 fully saturated rings. The third-order valence-corrected chi connectivity index (χ3v) is 1.97. The molecule has 0 aliphatic carbocycles. The van der Waals surface area contributed by atoms with E-state index in [9.17, 15) is 4.79 Å². The molecule has 0 saturated carbocycles. The largest absolute Gasteiger partial charge is 0.493 e. The van der Waals surface area contributed by atoms with E-state index in [-0.39, 0.29) is 5.56 Å². The number of hydrogen-bond donors (Lipinski definition) is 2. The number of rotatable bonds is 5. The van der Waals surface area contributed by atoms with Gasteiger partial charge in [-0.25, -0.2) is 4.79 Å². The van der Waals surface area contributed by atoms with Crippen molar-refractivity contribution in [2.45, 2.75) is 19.9 Å². The van der Waals surface area contributed by atoms with E-state index >= 15 is 0 Å². The van der Waals surface area contributed by atoms with Gasteiger partial charge < -0.3 is 15.6 Å². The van der Waals surface area contributed by atoms with Crippen LogP contribution in [0.15, 0.2) is 18.2 Å². The van der Waals surface area contributed by atoms with Gasteiger partial charge in [-0.1, -0.05) is 13.0 Å². The van der Waals surface area contributed by atoms with Crippen molar-refractivity contribution >= 4 is 5.97 Å². The lowest BCUT2D eigenvalue weighted by atomic mass is 10.1. The van der Waals surface area contributed by atoms with Crippen molar-refractivity contribution in [3.8, 4) is 5.75 Å². The molecule has 0 aliphatic rings. The zero-order chi connectivity index (χ0) is 11.3. The number of ether oxygens (including phenoxy) is 1. The lowest BCUT2D eigenvalue weighted by Gasteiger charge is -2.09. The molecule has 4 nitrogen and oxygen atoms in total. The van der Waals surface area contributed by atoms with Gasteiger partial charge in [-0.05, 0) is 24.1 Å². The lowest BCUT2D eigenvalue weighted by Crippen LogP contribution is -2.06. The van der Waals surface area contributed by atoms with Crippen molar-refractivity contribution in [1.82, 2.24) is 0 Å². The maximum atomic E-state index is 10.9. The molecule has 0 aromatic heterocycles. The van der Waals surface area contributed by atoms with Gasteiger partial charge in [0.15, 0.2) is 0 Å². The molecule has 82 valence electrons. The first-order valence-electron chi connectivity index (χ1n) is 4.88. The van der Waals surface area contributed by atoms with Gasteiger partial charge in [-0.15, -0.1) is 0 Å². The number of aromatic carboxylic acids is 1. The summed E-state index contributed by atoms with van der Waals surface area (Å²) in [6, 6.07) is 4.98. The van der Waals surface area contributed by atoms with Gasteiger partial charge in [0.1, 0.15) is 11.3 Å². The molecule has 0 radical (unpaired) electrons. The molecule has 0 amide bonds. The van der Waals surface area contributed by atoms with Gasteiger partial charge in [0.2, 0.25) is 0 Å². The zero-order valence-corrected chi connectivity index (χ0v) is 8.69. The number of carboxylic acid groups (broad SMARTS) is 1. The van der Waals surface area contributed by atoms with Crippen molar-refractivity contribution in [1.29, 1.82) is 0 Å². The molecule has 1 aromatic rings. The SMILES string of the molecule is CCCOc1ccc(CN)cc1C(=O)O. The first-order chi connectivity index (χ1) is 7.19. The van der Waals surface area contributed by atoms with Gasteiger partial charge in [0, 0.05) is 6.54 Å². The van der Waals surface area contributed by atoms with Gasteiger partial charge in [0.25, 0.3) is 0 Å². The summed E-state index contributed by atoms with van der Waals surface area (Å²) in [5, 5.41) is 8.96. The number of carbonyl (C=O) groups is 1. The van der Waals surface area contributed by atoms with E-state index in [1.807, 2.05) is 6.92 Å². The third-order valence-electron chi connectivity index (χ3n) is 1.97. The maximum absolute atomic E-state index is 10.9. The van der Waals surface area contributed by atoms with Crippen LogP contribution in [0.2, 0.25) is 0 Å². The highest BCUT2D eigenvalue weighted by atomic mass is 16.5. The zero-order valence-electron chi connectivity index (χ0n) is 8.69. The van der Waals surface area contributed by atoms with Crippen LogP contribution in [0, 0.1) is 0 Å². The van der Waals surface area contributed by atoms with Crippen molar-refractivity contribution in [2.24, 2.45) is 5.73 Å². The first kappa shape index (κ1) is 11.5. The molecule has 0 unspecified atom stereocenters. The number of benzene rings is 1. The van der Waals surface area contributed by atoms with Crippen LogP contribution < -0.4 is 10.5 Å². The molecule has 4 heteroatoms. The fraction of sp³-hybridized carbons (Fsp3) is 0.364. The Hall–Kier alpha value is -1.55. The molecule has 0 saturated heterocycles. The Kier molecular flexibility index (Phi) is 4.12. The molecule has 15 heavy (non-hydrogen) atoms. The molecular weight excluding hydrogens is 194 g/mol. The van der Waals surface area contributed by atoms with Gasteiger partial charge in [-0.3, -0.25) is 0 Å². The minimum Gasteiger partial charge on any atom is -0.493 e. The molecule has 0 aliphatic heterocycles. The molecule has 0 bridgehead atoms. The molecule has 1 rings (SSSR count). The first-order valence-corrected chi connectivity index (χ1v) is 4.88. The summed E-state index contributed by atoms with van der Waals surface area (Å²) in [6.07, 6.45) is 0.845. The third kappa shape index (κ3) is 2.95. The quantitative estimate of drug-likeness (QED) is 0.773. The predicted molar refractivity (Wildman–Crippen MR) is 57.1 cm³/mol. The molecule has 0 heterocycles. The Morgan fingerprint density at radius 1 is 1.53 bits per heavy atom. The van der Waals surface area contributed by atoms with E-state index in [0.29, 0.717) is 18.9 Å². The van der Waals surface area contributed by atoms with Crippen LogP contribution in [0.25, 0.3) is 0 Å². The van der Waals surface area contributed by atoms with Crippen molar-refractivity contribution in [3.05, 3.63) is 29.3 Å². The van der Waals surface area contributed by atoms with E-state index in [1.165, 1.54) is 0 Å². The van der Waals surface area contributed by atoms with Gasteiger partial charge >= 0.3 is 5.97 Å². The van der Waals surface area contributed by atoms with Gasteiger partial charge in [0.05, 0.1) is 6.61 Å². The number of hydrogen-bond acceptors (Lipinski definition) is 3. The Labute approximate surface area is 88.7 Å². The van der Waals surface area contributed by atoms with Crippen LogP contribution in [-0.4, -0.2) is 17.7 Å². The van der Waals surface area contributed by atoms with Gasteiger partial charge in [-0.2, -0.15) is 0 Å². The monoisotopic (exact) mass is 209 g/mol. The lowest BCUT2D eigenvalue weighted by molar-refractivity contribution is 0.0692. The van der Waals surface area contributed by atoms with Crippen LogP contribution in [0.5, 0.6) is 5.75 Å². The number of carboxylic acids is 1. The Balaban J connectivity index is 2.98. The Morgan fingerprint density at radius 3 is 2.80 bits per heavy atom. The average molecular weight is 209 g/mol. The van der Waals surface area contributed by atoms with E-state index < -0.39 is 5.97 Å².